The summed E-state index contributed by atoms with van der Waals surface area (Å²) in [5.74, 6) is 1.95. The average Bonchev–Trinajstić information content (AvgIpc) is 2.64. The molecule has 0 saturated carbocycles. The first-order valence-electron chi connectivity index (χ1n) is 8.83. The SMILES string of the molecule is COc1ccc(NC(=O)NCCOc2cccc(C(C)(C)C)c2)cc1OC. The van der Waals surface area contributed by atoms with E-state index in [1.54, 1.807) is 32.4 Å². The molecule has 0 aliphatic rings. The Balaban J connectivity index is 1.80. The second-order valence-electron chi connectivity index (χ2n) is 7.08. The Hall–Kier alpha value is -2.89. The van der Waals surface area contributed by atoms with Crippen molar-refractivity contribution >= 4 is 11.7 Å². The largest absolute Gasteiger partial charge is 0.493 e. The van der Waals surface area contributed by atoms with Crippen LogP contribution in [-0.2, 0) is 5.41 Å². The summed E-state index contributed by atoms with van der Waals surface area (Å²) < 4.78 is 16.1. The van der Waals surface area contributed by atoms with Gasteiger partial charge in [0.15, 0.2) is 11.5 Å². The maximum atomic E-state index is 12.0. The van der Waals surface area contributed by atoms with E-state index >= 15 is 0 Å². The van der Waals surface area contributed by atoms with Gasteiger partial charge in [-0.25, -0.2) is 4.79 Å². The fraction of sp³-hybridized carbons (Fsp3) is 0.381. The lowest BCUT2D eigenvalue weighted by molar-refractivity contribution is 0.247. The zero-order chi connectivity index (χ0) is 19.9. The van der Waals surface area contributed by atoms with E-state index in [0.29, 0.717) is 30.3 Å². The lowest BCUT2D eigenvalue weighted by atomic mass is 9.87. The highest BCUT2D eigenvalue weighted by Crippen LogP contribution is 2.29. The fourth-order valence-corrected chi connectivity index (χ4v) is 2.48. The minimum absolute atomic E-state index is 0.0664. The van der Waals surface area contributed by atoms with E-state index in [1.807, 2.05) is 18.2 Å². The Kier molecular flexibility index (Phi) is 6.93. The number of methoxy groups -OCH3 is 2. The molecule has 0 atom stereocenters. The van der Waals surface area contributed by atoms with Crippen LogP contribution in [0.3, 0.4) is 0 Å². The molecule has 0 radical (unpaired) electrons. The second kappa shape index (κ2) is 9.16. The standard InChI is InChI=1S/C21H28N2O4/c1-21(2,3)15-7-6-8-17(13-15)27-12-11-22-20(24)23-16-9-10-18(25-4)19(14-16)26-5/h6-10,13-14H,11-12H2,1-5H3,(H2,22,23,24). The first-order chi connectivity index (χ1) is 12.8. The Labute approximate surface area is 160 Å². The molecule has 6 heteroatoms. The van der Waals surface area contributed by atoms with Gasteiger partial charge in [0, 0.05) is 11.8 Å². The number of nitrogens with one attached hydrogen (secondary N) is 2. The van der Waals surface area contributed by atoms with Gasteiger partial charge < -0.3 is 24.8 Å². The van der Waals surface area contributed by atoms with E-state index < -0.39 is 0 Å². The summed E-state index contributed by atoms with van der Waals surface area (Å²) in [6.07, 6.45) is 0. The lowest BCUT2D eigenvalue weighted by Gasteiger charge is -2.19. The van der Waals surface area contributed by atoms with Crippen molar-refractivity contribution in [1.82, 2.24) is 5.32 Å². The van der Waals surface area contributed by atoms with E-state index in [0.717, 1.165) is 5.75 Å². The summed E-state index contributed by atoms with van der Waals surface area (Å²) in [6.45, 7) is 7.25. The number of urea groups is 1. The highest BCUT2D eigenvalue weighted by molar-refractivity contribution is 5.89. The molecule has 0 unspecified atom stereocenters. The van der Waals surface area contributed by atoms with Gasteiger partial charge in [-0.2, -0.15) is 0 Å². The predicted molar refractivity (Wildman–Crippen MR) is 107 cm³/mol. The molecular formula is C21H28N2O4. The van der Waals surface area contributed by atoms with Crippen LogP contribution in [0.15, 0.2) is 42.5 Å². The molecule has 27 heavy (non-hydrogen) atoms. The van der Waals surface area contributed by atoms with Crippen molar-refractivity contribution in [2.24, 2.45) is 0 Å². The molecule has 2 aromatic rings. The molecule has 0 bridgehead atoms. The summed E-state index contributed by atoms with van der Waals surface area (Å²) in [4.78, 5) is 12.0. The van der Waals surface area contributed by atoms with Crippen LogP contribution in [0, 0.1) is 0 Å². The van der Waals surface area contributed by atoms with Crippen molar-refractivity contribution in [3.8, 4) is 17.2 Å². The predicted octanol–water partition coefficient (Wildman–Crippen LogP) is 4.20. The Morgan fingerprint density at radius 2 is 1.74 bits per heavy atom. The van der Waals surface area contributed by atoms with Gasteiger partial charge in [-0.15, -0.1) is 0 Å². The molecule has 6 nitrogen and oxygen atoms in total. The minimum Gasteiger partial charge on any atom is -0.493 e. The number of hydrogen-bond acceptors (Lipinski definition) is 4. The molecular weight excluding hydrogens is 344 g/mol. The van der Waals surface area contributed by atoms with Gasteiger partial charge in [-0.1, -0.05) is 32.9 Å². The van der Waals surface area contributed by atoms with Gasteiger partial charge in [0.2, 0.25) is 0 Å². The minimum atomic E-state index is -0.311. The third kappa shape index (κ3) is 6.09. The van der Waals surface area contributed by atoms with E-state index in [9.17, 15) is 4.79 Å². The zero-order valence-electron chi connectivity index (χ0n) is 16.6. The van der Waals surface area contributed by atoms with Gasteiger partial charge in [0.05, 0.1) is 20.8 Å². The van der Waals surface area contributed by atoms with Crippen molar-refractivity contribution < 1.29 is 19.0 Å². The average molecular weight is 372 g/mol. The number of rotatable bonds is 7. The first-order valence-corrected chi connectivity index (χ1v) is 8.83. The Bertz CT molecular complexity index is 769. The van der Waals surface area contributed by atoms with Crippen molar-refractivity contribution in [2.45, 2.75) is 26.2 Å². The van der Waals surface area contributed by atoms with Gasteiger partial charge in [0.1, 0.15) is 12.4 Å². The molecule has 0 spiro atoms. The number of benzene rings is 2. The topological polar surface area (TPSA) is 68.8 Å². The number of carbonyl (C=O) groups excluding carboxylic acids is 1. The van der Waals surface area contributed by atoms with Gasteiger partial charge in [0.25, 0.3) is 0 Å². The maximum Gasteiger partial charge on any atom is 0.319 e. The Morgan fingerprint density at radius 1 is 1.00 bits per heavy atom. The third-order valence-corrected chi connectivity index (χ3v) is 4.00. The highest BCUT2D eigenvalue weighted by atomic mass is 16.5. The van der Waals surface area contributed by atoms with Crippen LogP contribution in [0.5, 0.6) is 17.2 Å². The normalized spacial score (nSPS) is 10.9. The summed E-state index contributed by atoms with van der Waals surface area (Å²) >= 11 is 0. The Morgan fingerprint density at radius 3 is 2.41 bits per heavy atom. The summed E-state index contributed by atoms with van der Waals surface area (Å²) in [7, 11) is 3.11. The third-order valence-electron chi connectivity index (χ3n) is 4.00. The summed E-state index contributed by atoms with van der Waals surface area (Å²) in [5, 5.41) is 5.52. The molecule has 0 heterocycles. The van der Waals surface area contributed by atoms with Gasteiger partial charge in [-0.3, -0.25) is 0 Å². The lowest BCUT2D eigenvalue weighted by Crippen LogP contribution is -2.32. The zero-order valence-corrected chi connectivity index (χ0v) is 16.6. The van der Waals surface area contributed by atoms with Crippen molar-refractivity contribution in [2.75, 3.05) is 32.7 Å². The molecule has 0 aliphatic carbocycles. The number of carbonyl (C=O) groups is 1. The molecule has 2 aromatic carbocycles. The fourth-order valence-electron chi connectivity index (χ4n) is 2.48. The second-order valence-corrected chi connectivity index (χ2v) is 7.08. The molecule has 0 fully saturated rings. The van der Waals surface area contributed by atoms with Crippen LogP contribution < -0.4 is 24.8 Å². The van der Waals surface area contributed by atoms with Crippen LogP contribution >= 0.6 is 0 Å². The monoisotopic (exact) mass is 372 g/mol. The van der Waals surface area contributed by atoms with E-state index in [2.05, 4.69) is 37.5 Å². The van der Waals surface area contributed by atoms with Crippen LogP contribution in [-0.4, -0.2) is 33.4 Å². The van der Waals surface area contributed by atoms with E-state index in [4.69, 9.17) is 14.2 Å². The number of hydrogen-bond donors (Lipinski definition) is 2. The molecule has 0 aromatic heterocycles. The van der Waals surface area contributed by atoms with Crippen LogP contribution in [0.4, 0.5) is 10.5 Å². The van der Waals surface area contributed by atoms with E-state index in [1.165, 1.54) is 5.56 Å². The molecule has 2 amide bonds. The molecule has 146 valence electrons. The van der Waals surface area contributed by atoms with Gasteiger partial charge in [-0.05, 0) is 35.2 Å². The van der Waals surface area contributed by atoms with Gasteiger partial charge >= 0.3 is 6.03 Å². The summed E-state index contributed by atoms with van der Waals surface area (Å²) in [5.41, 5.74) is 1.89. The maximum absolute atomic E-state index is 12.0. The van der Waals surface area contributed by atoms with Crippen molar-refractivity contribution in [3.05, 3.63) is 48.0 Å². The smallest absolute Gasteiger partial charge is 0.319 e. The van der Waals surface area contributed by atoms with Crippen LogP contribution in [0.25, 0.3) is 0 Å². The quantitative estimate of drug-likeness (QED) is 0.715. The molecule has 0 aliphatic heterocycles. The number of ether oxygens (including phenoxy) is 3. The summed E-state index contributed by atoms with van der Waals surface area (Å²) in [6, 6.07) is 12.9. The van der Waals surface area contributed by atoms with Crippen molar-refractivity contribution in [3.63, 3.8) is 0 Å². The molecule has 2 N–H and O–H groups in total. The number of anilines is 1. The first kappa shape index (κ1) is 20.4. The van der Waals surface area contributed by atoms with Crippen LogP contribution in [0.2, 0.25) is 0 Å². The van der Waals surface area contributed by atoms with Crippen LogP contribution in [0.1, 0.15) is 26.3 Å². The molecule has 2 rings (SSSR count). The highest BCUT2D eigenvalue weighted by Gasteiger charge is 2.14. The van der Waals surface area contributed by atoms with E-state index in [-0.39, 0.29) is 11.4 Å². The molecule has 0 saturated heterocycles. The van der Waals surface area contributed by atoms with Crippen molar-refractivity contribution in [1.29, 1.82) is 0 Å². The number of amides is 2.